The van der Waals surface area contributed by atoms with Gasteiger partial charge in [-0.05, 0) is 23.8 Å². The van der Waals surface area contributed by atoms with E-state index in [1.807, 2.05) is 12.1 Å². The first-order valence-electron chi connectivity index (χ1n) is 6.19. The Labute approximate surface area is 112 Å². The smallest absolute Gasteiger partial charge is 0.222 e. The van der Waals surface area contributed by atoms with Crippen molar-refractivity contribution in [3.8, 4) is 0 Å². The maximum atomic E-state index is 9.04. The lowest BCUT2D eigenvalue weighted by Crippen LogP contribution is -2.28. The number of anilines is 1. The standard InChI is InChI=1S/C14H18N4O/c1-14(2,11-3-6-15-7-4-11)10-17-13-16-8-5-12(9-19)18-13/h3-8,19H,9-10H2,1-2H3,(H,16,17,18). The Bertz CT molecular complexity index is 528. The van der Waals surface area contributed by atoms with Crippen molar-refractivity contribution < 1.29 is 5.11 Å². The van der Waals surface area contributed by atoms with Gasteiger partial charge in [-0.3, -0.25) is 4.98 Å². The van der Waals surface area contributed by atoms with Gasteiger partial charge in [-0.25, -0.2) is 9.97 Å². The van der Waals surface area contributed by atoms with E-state index in [4.69, 9.17) is 5.11 Å². The number of nitrogens with one attached hydrogen (secondary N) is 1. The third kappa shape index (κ3) is 3.48. The van der Waals surface area contributed by atoms with E-state index in [9.17, 15) is 0 Å². The van der Waals surface area contributed by atoms with Gasteiger partial charge in [0.15, 0.2) is 0 Å². The van der Waals surface area contributed by atoms with Crippen molar-refractivity contribution in [2.75, 3.05) is 11.9 Å². The largest absolute Gasteiger partial charge is 0.390 e. The normalized spacial score (nSPS) is 11.3. The van der Waals surface area contributed by atoms with Crippen LogP contribution in [0.4, 0.5) is 5.95 Å². The average molecular weight is 258 g/mol. The number of aromatic nitrogens is 3. The van der Waals surface area contributed by atoms with E-state index in [0.29, 0.717) is 18.2 Å². The molecule has 0 saturated heterocycles. The van der Waals surface area contributed by atoms with Gasteiger partial charge in [-0.15, -0.1) is 0 Å². The first kappa shape index (κ1) is 13.4. The summed E-state index contributed by atoms with van der Waals surface area (Å²) in [6.45, 7) is 4.91. The molecule has 0 radical (unpaired) electrons. The lowest BCUT2D eigenvalue weighted by atomic mass is 9.85. The van der Waals surface area contributed by atoms with Crippen LogP contribution in [0.3, 0.4) is 0 Å². The second kappa shape index (κ2) is 5.75. The van der Waals surface area contributed by atoms with Crippen molar-refractivity contribution in [2.24, 2.45) is 0 Å². The summed E-state index contributed by atoms with van der Waals surface area (Å²) in [6.07, 6.45) is 5.22. The molecule has 0 aromatic carbocycles. The van der Waals surface area contributed by atoms with Gasteiger partial charge in [0.2, 0.25) is 5.95 Å². The first-order chi connectivity index (χ1) is 9.12. The lowest BCUT2D eigenvalue weighted by molar-refractivity contribution is 0.277. The number of pyridine rings is 1. The second-order valence-corrected chi connectivity index (χ2v) is 5.00. The molecule has 2 aromatic heterocycles. The average Bonchev–Trinajstić information content (AvgIpc) is 2.46. The van der Waals surface area contributed by atoms with Crippen LogP contribution in [0, 0.1) is 0 Å². The molecule has 0 spiro atoms. The zero-order chi connectivity index (χ0) is 13.7. The highest BCUT2D eigenvalue weighted by molar-refractivity contribution is 5.29. The summed E-state index contributed by atoms with van der Waals surface area (Å²) in [6, 6.07) is 5.71. The maximum Gasteiger partial charge on any atom is 0.222 e. The molecular weight excluding hydrogens is 240 g/mol. The molecule has 2 heterocycles. The minimum atomic E-state index is -0.0784. The van der Waals surface area contributed by atoms with E-state index in [2.05, 4.69) is 34.1 Å². The fraction of sp³-hybridized carbons (Fsp3) is 0.357. The molecule has 0 aliphatic heterocycles. The number of aliphatic hydroxyl groups excluding tert-OH is 1. The predicted octanol–water partition coefficient (Wildman–Crippen LogP) is 1.75. The summed E-state index contributed by atoms with van der Waals surface area (Å²) in [5.41, 5.74) is 1.76. The van der Waals surface area contributed by atoms with E-state index in [1.54, 1.807) is 24.7 Å². The van der Waals surface area contributed by atoms with Crippen LogP contribution < -0.4 is 5.32 Å². The van der Waals surface area contributed by atoms with E-state index in [0.717, 1.165) is 0 Å². The zero-order valence-corrected chi connectivity index (χ0v) is 11.2. The second-order valence-electron chi connectivity index (χ2n) is 5.00. The first-order valence-corrected chi connectivity index (χ1v) is 6.19. The summed E-state index contributed by atoms with van der Waals surface area (Å²) in [4.78, 5) is 12.4. The summed E-state index contributed by atoms with van der Waals surface area (Å²) >= 11 is 0. The zero-order valence-electron chi connectivity index (χ0n) is 11.2. The van der Waals surface area contributed by atoms with Gasteiger partial charge in [-0.1, -0.05) is 13.8 Å². The Kier molecular flexibility index (Phi) is 4.06. The molecule has 5 nitrogen and oxygen atoms in total. The Balaban J connectivity index is 2.05. The Morgan fingerprint density at radius 2 is 1.89 bits per heavy atom. The molecule has 2 aromatic rings. The number of aliphatic hydroxyl groups is 1. The van der Waals surface area contributed by atoms with Crippen LogP contribution in [0.1, 0.15) is 25.1 Å². The quantitative estimate of drug-likeness (QED) is 0.855. The SMILES string of the molecule is CC(C)(CNc1nccc(CO)n1)c1ccncc1. The molecule has 0 saturated carbocycles. The van der Waals surface area contributed by atoms with E-state index >= 15 is 0 Å². The van der Waals surface area contributed by atoms with Crippen molar-refractivity contribution in [3.63, 3.8) is 0 Å². The minimum Gasteiger partial charge on any atom is -0.390 e. The van der Waals surface area contributed by atoms with Gasteiger partial charge in [0, 0.05) is 30.6 Å². The van der Waals surface area contributed by atoms with Crippen LogP contribution in [-0.2, 0) is 12.0 Å². The van der Waals surface area contributed by atoms with Crippen molar-refractivity contribution in [1.82, 2.24) is 15.0 Å². The number of nitrogens with zero attached hydrogens (tertiary/aromatic N) is 3. The molecule has 0 fully saturated rings. The highest BCUT2D eigenvalue weighted by atomic mass is 16.3. The van der Waals surface area contributed by atoms with Gasteiger partial charge in [-0.2, -0.15) is 0 Å². The summed E-state index contributed by atoms with van der Waals surface area (Å²) in [7, 11) is 0. The van der Waals surface area contributed by atoms with Crippen molar-refractivity contribution in [3.05, 3.63) is 48.0 Å². The van der Waals surface area contributed by atoms with Crippen molar-refractivity contribution >= 4 is 5.95 Å². The molecule has 0 aliphatic carbocycles. The summed E-state index contributed by atoms with van der Waals surface area (Å²) < 4.78 is 0. The van der Waals surface area contributed by atoms with Gasteiger partial charge in [0.05, 0.1) is 12.3 Å². The van der Waals surface area contributed by atoms with Gasteiger partial charge in [0.1, 0.15) is 0 Å². The van der Waals surface area contributed by atoms with Gasteiger partial charge in [0.25, 0.3) is 0 Å². The lowest BCUT2D eigenvalue weighted by Gasteiger charge is -2.25. The van der Waals surface area contributed by atoms with Crippen LogP contribution in [0.5, 0.6) is 0 Å². The van der Waals surface area contributed by atoms with Crippen LogP contribution in [0.15, 0.2) is 36.8 Å². The molecule has 19 heavy (non-hydrogen) atoms. The van der Waals surface area contributed by atoms with Crippen LogP contribution in [-0.4, -0.2) is 26.6 Å². The maximum absolute atomic E-state index is 9.04. The highest BCUT2D eigenvalue weighted by Crippen LogP contribution is 2.22. The predicted molar refractivity (Wildman–Crippen MR) is 73.7 cm³/mol. The molecule has 0 bridgehead atoms. The third-order valence-corrected chi connectivity index (χ3v) is 3.03. The molecule has 100 valence electrons. The molecule has 2 rings (SSSR count). The summed E-state index contributed by atoms with van der Waals surface area (Å²) in [5, 5.41) is 12.2. The fourth-order valence-electron chi connectivity index (χ4n) is 1.77. The number of hydrogen-bond acceptors (Lipinski definition) is 5. The number of rotatable bonds is 5. The van der Waals surface area contributed by atoms with E-state index < -0.39 is 0 Å². The molecule has 2 N–H and O–H groups in total. The highest BCUT2D eigenvalue weighted by Gasteiger charge is 2.20. The van der Waals surface area contributed by atoms with Gasteiger partial charge < -0.3 is 10.4 Å². The van der Waals surface area contributed by atoms with E-state index in [-0.39, 0.29) is 12.0 Å². The Morgan fingerprint density at radius 3 is 2.58 bits per heavy atom. The summed E-state index contributed by atoms with van der Waals surface area (Å²) in [5.74, 6) is 0.536. The van der Waals surface area contributed by atoms with Crippen molar-refractivity contribution in [1.29, 1.82) is 0 Å². The molecular formula is C14H18N4O. The monoisotopic (exact) mass is 258 g/mol. The third-order valence-electron chi connectivity index (χ3n) is 3.03. The molecule has 0 atom stereocenters. The van der Waals surface area contributed by atoms with Crippen molar-refractivity contribution in [2.45, 2.75) is 25.9 Å². The minimum absolute atomic E-state index is 0.0540. The van der Waals surface area contributed by atoms with E-state index in [1.165, 1.54) is 5.56 Å². The molecule has 0 unspecified atom stereocenters. The van der Waals surface area contributed by atoms with Crippen LogP contribution in [0.2, 0.25) is 0 Å². The number of hydrogen-bond donors (Lipinski definition) is 2. The van der Waals surface area contributed by atoms with Crippen LogP contribution in [0.25, 0.3) is 0 Å². The van der Waals surface area contributed by atoms with Gasteiger partial charge >= 0.3 is 0 Å². The molecule has 5 heteroatoms. The topological polar surface area (TPSA) is 70.9 Å². The molecule has 0 aliphatic rings. The van der Waals surface area contributed by atoms with Crippen LogP contribution >= 0.6 is 0 Å². The molecule has 0 amide bonds. The fourth-order valence-corrected chi connectivity index (χ4v) is 1.77. The Hall–Kier alpha value is -2.01. The Morgan fingerprint density at radius 1 is 1.16 bits per heavy atom.